The van der Waals surface area contributed by atoms with Gasteiger partial charge in [0.2, 0.25) is 0 Å². The quantitative estimate of drug-likeness (QED) is 0.545. The molecule has 0 unspecified atom stereocenters. The van der Waals surface area contributed by atoms with Gasteiger partial charge in [-0.1, -0.05) is 0 Å². The van der Waals surface area contributed by atoms with Crippen LogP contribution < -0.4 is 0 Å². The summed E-state index contributed by atoms with van der Waals surface area (Å²) >= 11 is 1.60. The van der Waals surface area contributed by atoms with Crippen molar-refractivity contribution in [2.24, 2.45) is 0 Å². The summed E-state index contributed by atoms with van der Waals surface area (Å²) in [5, 5.41) is 8.54. The largest absolute Gasteiger partial charge is 0.466 e. The van der Waals surface area contributed by atoms with Gasteiger partial charge in [0, 0.05) is 17.9 Å². The van der Waals surface area contributed by atoms with Gasteiger partial charge in [0.1, 0.15) is 0 Å². The third-order valence-corrected chi connectivity index (χ3v) is 2.18. The van der Waals surface area contributed by atoms with Gasteiger partial charge in [0.05, 0.1) is 11.2 Å². The molecule has 0 saturated carbocycles. The van der Waals surface area contributed by atoms with Crippen molar-refractivity contribution in [3.63, 3.8) is 0 Å². The molecule has 0 aliphatic heterocycles. The van der Waals surface area contributed by atoms with Gasteiger partial charge in [-0.3, -0.25) is 0 Å². The molecule has 0 amide bonds. The van der Waals surface area contributed by atoms with Crippen molar-refractivity contribution in [3.05, 3.63) is 16.1 Å². The molecule has 8 heteroatoms. The van der Waals surface area contributed by atoms with Crippen LogP contribution in [-0.4, -0.2) is 31.4 Å². The zero-order valence-corrected chi connectivity index (χ0v) is 9.20. The molecule has 0 saturated heterocycles. The average molecular weight is 241 g/mol. The van der Waals surface area contributed by atoms with Crippen LogP contribution in [0.4, 0.5) is 0 Å². The summed E-state index contributed by atoms with van der Waals surface area (Å²) in [6.07, 6.45) is 0.747. The molecule has 1 heterocycles. The highest BCUT2D eigenvalue weighted by Gasteiger charge is 2.00. The normalized spacial score (nSPS) is 10.6. The molecule has 1 rings (SSSR count). The Balaban J connectivity index is 0.000000292. The lowest BCUT2D eigenvalue weighted by molar-refractivity contribution is 0.275. The van der Waals surface area contributed by atoms with Crippen molar-refractivity contribution in [1.29, 1.82) is 0 Å². The van der Waals surface area contributed by atoms with Crippen LogP contribution in [-0.2, 0) is 11.0 Å². The number of nitrogens with zero attached hydrogens (tertiary/aromatic N) is 1. The lowest BCUT2D eigenvalue weighted by Crippen LogP contribution is -1.88. The number of phosphoric acid groups is 1. The Hall–Kier alpha value is -0.300. The molecule has 0 radical (unpaired) electrons. The Labute approximate surface area is 85.1 Å². The van der Waals surface area contributed by atoms with Crippen molar-refractivity contribution < 1.29 is 24.4 Å². The first-order valence-electron chi connectivity index (χ1n) is 3.62. The fourth-order valence-corrected chi connectivity index (χ4v) is 1.44. The SMILES string of the molecule is Cc1ncsc1CCO.O=P(O)(O)O. The lowest BCUT2D eigenvalue weighted by Gasteiger charge is -1.90. The summed E-state index contributed by atoms with van der Waals surface area (Å²) in [5.74, 6) is 0. The fraction of sp³-hybridized carbons (Fsp3) is 0.500. The number of aliphatic hydroxyl groups excluding tert-OH is 1. The predicted molar refractivity (Wildman–Crippen MR) is 51.9 cm³/mol. The van der Waals surface area contributed by atoms with Crippen LogP contribution in [0.5, 0.6) is 0 Å². The molecular weight excluding hydrogens is 229 g/mol. The molecule has 0 atom stereocenters. The highest BCUT2D eigenvalue weighted by atomic mass is 32.1. The Morgan fingerprint density at radius 2 is 2.00 bits per heavy atom. The number of aryl methyl sites for hydroxylation is 1. The molecule has 0 spiro atoms. The predicted octanol–water partition coefficient (Wildman–Crippen LogP) is 0.0577. The minimum absolute atomic E-state index is 0.225. The van der Waals surface area contributed by atoms with Crippen LogP contribution in [0.25, 0.3) is 0 Å². The Kier molecular flexibility index (Phi) is 6.10. The summed E-state index contributed by atoms with van der Waals surface area (Å²) in [7, 11) is -4.64. The maximum Gasteiger partial charge on any atom is 0.466 e. The molecular formula is C6H12NO5PS. The van der Waals surface area contributed by atoms with E-state index in [4.69, 9.17) is 24.4 Å². The molecule has 14 heavy (non-hydrogen) atoms. The number of thiazole rings is 1. The van der Waals surface area contributed by atoms with Gasteiger partial charge in [-0.2, -0.15) is 0 Å². The Morgan fingerprint density at radius 1 is 1.50 bits per heavy atom. The third-order valence-electron chi connectivity index (χ3n) is 1.18. The smallest absolute Gasteiger partial charge is 0.396 e. The number of hydrogen-bond donors (Lipinski definition) is 4. The van der Waals surface area contributed by atoms with E-state index in [0.717, 1.165) is 12.1 Å². The standard InChI is InChI=1S/C6H9NOS.H3O4P/c1-5-6(2-3-8)9-4-7-5;1-5(2,3)4/h4,8H,2-3H2,1H3;(H3,1,2,3,4). The van der Waals surface area contributed by atoms with Crippen LogP contribution in [0.3, 0.4) is 0 Å². The molecule has 82 valence electrons. The van der Waals surface area contributed by atoms with E-state index < -0.39 is 7.82 Å². The first kappa shape index (κ1) is 13.7. The van der Waals surface area contributed by atoms with Crippen molar-refractivity contribution in [2.75, 3.05) is 6.61 Å². The van der Waals surface area contributed by atoms with Crippen molar-refractivity contribution in [2.45, 2.75) is 13.3 Å². The van der Waals surface area contributed by atoms with Crippen LogP contribution in [0, 0.1) is 6.92 Å². The van der Waals surface area contributed by atoms with Gasteiger partial charge in [-0.15, -0.1) is 11.3 Å². The van der Waals surface area contributed by atoms with Gasteiger partial charge < -0.3 is 19.8 Å². The highest BCUT2D eigenvalue weighted by molar-refractivity contribution is 7.45. The van der Waals surface area contributed by atoms with Gasteiger partial charge in [0.25, 0.3) is 0 Å². The van der Waals surface area contributed by atoms with Gasteiger partial charge in [-0.05, 0) is 6.92 Å². The number of rotatable bonds is 2. The second-order valence-corrected chi connectivity index (χ2v) is 4.31. The highest BCUT2D eigenvalue weighted by Crippen LogP contribution is 2.25. The molecule has 0 aliphatic carbocycles. The summed E-state index contributed by atoms with van der Waals surface area (Å²) in [5.41, 5.74) is 2.86. The average Bonchev–Trinajstić information content (AvgIpc) is 2.34. The van der Waals surface area contributed by atoms with E-state index in [1.54, 1.807) is 16.8 Å². The topological polar surface area (TPSA) is 111 Å². The van der Waals surface area contributed by atoms with Crippen LogP contribution >= 0.6 is 19.2 Å². The summed E-state index contributed by atoms with van der Waals surface area (Å²) in [4.78, 5) is 26.8. The number of aromatic nitrogens is 1. The first-order valence-corrected chi connectivity index (χ1v) is 6.07. The van der Waals surface area contributed by atoms with Crippen LogP contribution in [0.15, 0.2) is 5.51 Å². The molecule has 0 bridgehead atoms. The summed E-state index contributed by atoms with van der Waals surface area (Å²) in [6, 6.07) is 0. The summed E-state index contributed by atoms with van der Waals surface area (Å²) in [6.45, 7) is 2.19. The second-order valence-electron chi connectivity index (χ2n) is 2.35. The van der Waals surface area contributed by atoms with Gasteiger partial charge >= 0.3 is 7.82 Å². The Morgan fingerprint density at radius 3 is 2.29 bits per heavy atom. The van der Waals surface area contributed by atoms with Gasteiger partial charge in [-0.25, -0.2) is 9.55 Å². The first-order chi connectivity index (χ1) is 6.34. The minimum atomic E-state index is -4.64. The molecule has 0 fully saturated rings. The van der Waals surface area contributed by atoms with Crippen molar-refractivity contribution >= 4 is 19.2 Å². The lowest BCUT2D eigenvalue weighted by atomic mass is 10.3. The summed E-state index contributed by atoms with van der Waals surface area (Å²) < 4.78 is 8.88. The van der Waals surface area contributed by atoms with Crippen molar-refractivity contribution in [1.82, 2.24) is 4.98 Å². The maximum atomic E-state index is 8.88. The fourth-order valence-electron chi connectivity index (χ4n) is 0.668. The monoisotopic (exact) mass is 241 g/mol. The van der Waals surface area contributed by atoms with E-state index in [1.165, 1.54) is 4.88 Å². The van der Waals surface area contributed by atoms with E-state index in [0.29, 0.717) is 0 Å². The minimum Gasteiger partial charge on any atom is -0.396 e. The zero-order valence-electron chi connectivity index (χ0n) is 7.49. The third kappa shape index (κ3) is 8.31. The number of aliphatic hydroxyl groups is 1. The molecule has 0 aromatic carbocycles. The zero-order chi connectivity index (χ0) is 11.2. The second kappa shape index (κ2) is 6.23. The van der Waals surface area contributed by atoms with E-state index in [1.807, 2.05) is 6.92 Å². The van der Waals surface area contributed by atoms with E-state index in [9.17, 15) is 0 Å². The molecule has 4 N–H and O–H groups in total. The molecule has 1 aromatic rings. The Bertz CT molecular complexity index is 301. The van der Waals surface area contributed by atoms with Crippen LogP contribution in [0.1, 0.15) is 10.6 Å². The molecule has 1 aromatic heterocycles. The van der Waals surface area contributed by atoms with E-state index in [2.05, 4.69) is 4.98 Å². The van der Waals surface area contributed by atoms with E-state index in [-0.39, 0.29) is 6.61 Å². The van der Waals surface area contributed by atoms with Crippen LogP contribution in [0.2, 0.25) is 0 Å². The van der Waals surface area contributed by atoms with Crippen molar-refractivity contribution in [3.8, 4) is 0 Å². The molecule has 6 nitrogen and oxygen atoms in total. The number of hydrogen-bond acceptors (Lipinski definition) is 4. The van der Waals surface area contributed by atoms with Gasteiger partial charge in [0.15, 0.2) is 0 Å². The van der Waals surface area contributed by atoms with E-state index >= 15 is 0 Å². The molecule has 0 aliphatic rings. The maximum absolute atomic E-state index is 8.88.